The Balaban J connectivity index is 1.35. The molecule has 2 aliphatic rings. The van der Waals surface area contributed by atoms with Crippen molar-refractivity contribution in [3.63, 3.8) is 0 Å². The number of thioether (sulfide) groups is 1. The van der Waals surface area contributed by atoms with Crippen molar-refractivity contribution < 1.29 is 14.3 Å². The van der Waals surface area contributed by atoms with Crippen molar-refractivity contribution in [2.45, 2.75) is 43.6 Å². The standard InChI is InChI=1S/C22H26N2O3S/c1-16-12-19(28-2)13-18-15-26-22(27-20(16)18)8-10-24(11-9-22)21(25)23-14-17-6-4-3-5-7-17/h3-7,12-13H,8-11,14-15H2,1-2H3,(H,23,25). The van der Waals surface area contributed by atoms with Crippen molar-refractivity contribution in [1.29, 1.82) is 0 Å². The van der Waals surface area contributed by atoms with Gasteiger partial charge in [-0.15, -0.1) is 11.8 Å². The smallest absolute Gasteiger partial charge is 0.317 e. The molecule has 0 unspecified atom stereocenters. The van der Waals surface area contributed by atoms with E-state index in [1.54, 1.807) is 11.8 Å². The molecular formula is C22H26N2O3S. The van der Waals surface area contributed by atoms with Crippen LogP contribution in [-0.2, 0) is 17.9 Å². The number of amides is 2. The normalized spacial score (nSPS) is 17.7. The molecule has 2 heterocycles. The fraction of sp³-hybridized carbons (Fsp3) is 0.409. The van der Waals surface area contributed by atoms with Crippen molar-refractivity contribution in [2.75, 3.05) is 19.3 Å². The minimum Gasteiger partial charge on any atom is -0.462 e. The number of nitrogens with zero attached hydrogens (tertiary/aromatic N) is 1. The maximum atomic E-state index is 12.5. The Bertz CT molecular complexity index is 848. The third-order valence-electron chi connectivity index (χ3n) is 5.44. The Morgan fingerprint density at radius 2 is 1.96 bits per heavy atom. The van der Waals surface area contributed by atoms with Gasteiger partial charge in [-0.1, -0.05) is 30.3 Å². The number of piperidine rings is 1. The molecule has 0 saturated carbocycles. The van der Waals surface area contributed by atoms with Crippen LogP contribution in [0, 0.1) is 6.92 Å². The summed E-state index contributed by atoms with van der Waals surface area (Å²) in [4.78, 5) is 15.6. The Hall–Kier alpha value is -2.18. The minimum atomic E-state index is -0.616. The third kappa shape index (κ3) is 3.98. The average Bonchev–Trinajstić information content (AvgIpc) is 2.74. The highest BCUT2D eigenvalue weighted by Crippen LogP contribution is 2.40. The molecule has 5 nitrogen and oxygen atoms in total. The van der Waals surface area contributed by atoms with E-state index in [1.165, 1.54) is 4.90 Å². The number of hydrogen-bond acceptors (Lipinski definition) is 4. The molecule has 148 valence electrons. The first-order valence-electron chi connectivity index (χ1n) is 9.66. The second-order valence-electron chi connectivity index (χ2n) is 7.37. The van der Waals surface area contributed by atoms with Gasteiger partial charge in [0, 0.05) is 42.9 Å². The minimum absolute atomic E-state index is 0.0318. The summed E-state index contributed by atoms with van der Waals surface area (Å²) in [5, 5.41) is 3.00. The average molecular weight is 399 g/mol. The third-order valence-corrected chi connectivity index (χ3v) is 6.15. The number of rotatable bonds is 3. The molecule has 1 N–H and O–H groups in total. The molecule has 1 fully saturated rings. The van der Waals surface area contributed by atoms with Crippen molar-refractivity contribution >= 4 is 17.8 Å². The van der Waals surface area contributed by atoms with Gasteiger partial charge in [0.2, 0.25) is 5.79 Å². The van der Waals surface area contributed by atoms with Crippen LogP contribution < -0.4 is 10.1 Å². The SMILES string of the molecule is CSc1cc(C)c2c(c1)COC1(CCN(C(=O)NCc3ccccc3)CC1)O2. The van der Waals surface area contributed by atoms with Crippen LogP contribution in [0.25, 0.3) is 0 Å². The van der Waals surface area contributed by atoms with Crippen LogP contribution in [-0.4, -0.2) is 36.1 Å². The van der Waals surface area contributed by atoms with E-state index in [1.807, 2.05) is 35.2 Å². The maximum Gasteiger partial charge on any atom is 0.317 e. The van der Waals surface area contributed by atoms with E-state index in [2.05, 4.69) is 30.6 Å². The van der Waals surface area contributed by atoms with Crippen LogP contribution in [0.2, 0.25) is 0 Å². The molecule has 0 aromatic heterocycles. The molecule has 0 aliphatic carbocycles. The second-order valence-corrected chi connectivity index (χ2v) is 8.24. The van der Waals surface area contributed by atoms with E-state index >= 15 is 0 Å². The molecule has 1 spiro atoms. The Labute approximate surface area is 170 Å². The number of nitrogens with one attached hydrogen (secondary N) is 1. The van der Waals surface area contributed by atoms with Gasteiger partial charge in [0.25, 0.3) is 0 Å². The van der Waals surface area contributed by atoms with E-state index in [9.17, 15) is 4.79 Å². The summed E-state index contributed by atoms with van der Waals surface area (Å²) in [5.74, 6) is 0.334. The first kappa shape index (κ1) is 19.2. The highest BCUT2D eigenvalue weighted by atomic mass is 32.2. The second kappa shape index (κ2) is 8.05. The van der Waals surface area contributed by atoms with Crippen LogP contribution in [0.1, 0.15) is 29.5 Å². The molecule has 1 saturated heterocycles. The predicted molar refractivity (Wildman–Crippen MR) is 111 cm³/mol. The van der Waals surface area contributed by atoms with Crippen molar-refractivity contribution in [3.05, 3.63) is 59.2 Å². The number of hydrogen-bond donors (Lipinski definition) is 1. The highest BCUT2D eigenvalue weighted by molar-refractivity contribution is 7.98. The van der Waals surface area contributed by atoms with Gasteiger partial charge < -0.3 is 19.7 Å². The Morgan fingerprint density at radius 3 is 2.68 bits per heavy atom. The first-order chi connectivity index (χ1) is 13.6. The molecule has 0 radical (unpaired) electrons. The summed E-state index contributed by atoms with van der Waals surface area (Å²) in [6.07, 6.45) is 3.43. The fourth-order valence-electron chi connectivity index (χ4n) is 3.79. The van der Waals surface area contributed by atoms with Crippen molar-refractivity contribution in [2.24, 2.45) is 0 Å². The van der Waals surface area contributed by atoms with Crippen LogP contribution in [0.4, 0.5) is 4.79 Å². The molecule has 4 rings (SSSR count). The lowest BCUT2D eigenvalue weighted by molar-refractivity contribution is -0.225. The first-order valence-corrected chi connectivity index (χ1v) is 10.9. The lowest BCUT2D eigenvalue weighted by Crippen LogP contribution is -2.54. The largest absolute Gasteiger partial charge is 0.462 e. The number of likely N-dealkylation sites (tertiary alicyclic amines) is 1. The van der Waals surface area contributed by atoms with Crippen molar-refractivity contribution in [1.82, 2.24) is 10.2 Å². The topological polar surface area (TPSA) is 50.8 Å². The van der Waals surface area contributed by atoms with Gasteiger partial charge in [-0.2, -0.15) is 0 Å². The maximum absolute atomic E-state index is 12.5. The monoisotopic (exact) mass is 398 g/mol. The van der Waals surface area contributed by atoms with Gasteiger partial charge in [-0.25, -0.2) is 4.79 Å². The molecule has 28 heavy (non-hydrogen) atoms. The van der Waals surface area contributed by atoms with E-state index in [0.29, 0.717) is 39.1 Å². The van der Waals surface area contributed by atoms with Crippen LogP contribution in [0.5, 0.6) is 5.75 Å². The zero-order valence-corrected chi connectivity index (χ0v) is 17.2. The Kier molecular flexibility index (Phi) is 5.51. The number of aryl methyl sites for hydroxylation is 1. The van der Waals surface area contributed by atoms with Crippen LogP contribution in [0.15, 0.2) is 47.4 Å². The molecule has 2 aliphatic heterocycles. The van der Waals surface area contributed by atoms with Gasteiger partial charge in [0.1, 0.15) is 5.75 Å². The molecule has 2 amide bonds. The van der Waals surface area contributed by atoms with E-state index in [-0.39, 0.29) is 6.03 Å². The molecule has 0 atom stereocenters. The summed E-state index contributed by atoms with van der Waals surface area (Å²) >= 11 is 1.73. The molecular weight excluding hydrogens is 372 g/mol. The van der Waals surface area contributed by atoms with Crippen LogP contribution >= 0.6 is 11.8 Å². The number of benzene rings is 2. The summed E-state index contributed by atoms with van der Waals surface area (Å²) in [6.45, 7) is 4.43. The van der Waals surface area contributed by atoms with E-state index < -0.39 is 5.79 Å². The predicted octanol–water partition coefficient (Wildman–Crippen LogP) is 4.33. The van der Waals surface area contributed by atoms with E-state index in [0.717, 1.165) is 22.4 Å². The van der Waals surface area contributed by atoms with Gasteiger partial charge >= 0.3 is 6.03 Å². The van der Waals surface area contributed by atoms with Gasteiger partial charge in [-0.05, 0) is 36.4 Å². The molecule has 6 heteroatoms. The summed E-state index contributed by atoms with van der Waals surface area (Å²) in [6, 6.07) is 14.2. The zero-order valence-electron chi connectivity index (χ0n) is 16.4. The van der Waals surface area contributed by atoms with Crippen molar-refractivity contribution in [3.8, 4) is 5.75 Å². The highest BCUT2D eigenvalue weighted by Gasteiger charge is 2.42. The Morgan fingerprint density at radius 1 is 1.21 bits per heavy atom. The summed E-state index contributed by atoms with van der Waals surface area (Å²) < 4.78 is 12.5. The summed E-state index contributed by atoms with van der Waals surface area (Å²) in [5.41, 5.74) is 3.35. The van der Waals surface area contributed by atoms with Gasteiger partial charge in [-0.3, -0.25) is 0 Å². The number of fused-ring (bicyclic) bond motifs is 1. The lowest BCUT2D eigenvalue weighted by atomic mass is 10.0. The molecule has 2 aromatic rings. The molecule has 0 bridgehead atoms. The molecule has 2 aromatic carbocycles. The number of ether oxygens (including phenoxy) is 2. The number of urea groups is 1. The quantitative estimate of drug-likeness (QED) is 0.782. The number of carbonyl (C=O) groups is 1. The lowest BCUT2D eigenvalue weighted by Gasteiger charge is -2.44. The van der Waals surface area contributed by atoms with Crippen LogP contribution in [0.3, 0.4) is 0 Å². The van der Waals surface area contributed by atoms with Gasteiger partial charge in [0.15, 0.2) is 0 Å². The number of carbonyl (C=O) groups excluding carboxylic acids is 1. The fourth-order valence-corrected chi connectivity index (χ4v) is 4.34. The van der Waals surface area contributed by atoms with E-state index in [4.69, 9.17) is 9.47 Å². The zero-order chi connectivity index (χ0) is 19.6. The summed E-state index contributed by atoms with van der Waals surface area (Å²) in [7, 11) is 0. The van der Waals surface area contributed by atoms with Gasteiger partial charge in [0.05, 0.1) is 6.61 Å².